The van der Waals surface area contributed by atoms with E-state index in [9.17, 15) is 18.3 Å². The average molecular weight is 318 g/mol. The summed E-state index contributed by atoms with van der Waals surface area (Å²) in [4.78, 5) is 2.13. The summed E-state index contributed by atoms with van der Waals surface area (Å²) in [7, 11) is 1.99. The third-order valence-electron chi connectivity index (χ3n) is 3.68. The highest BCUT2D eigenvalue weighted by molar-refractivity contribution is 5.31. The summed E-state index contributed by atoms with van der Waals surface area (Å²) in [6, 6.07) is 5.10. The van der Waals surface area contributed by atoms with Gasteiger partial charge in [0.25, 0.3) is 0 Å². The summed E-state index contributed by atoms with van der Waals surface area (Å²) in [6.45, 7) is 2.83. The number of morpholine rings is 1. The molecule has 0 unspecified atom stereocenters. The van der Waals surface area contributed by atoms with Gasteiger partial charge < -0.3 is 20.1 Å². The number of hydrogen-bond acceptors (Lipinski definition) is 4. The minimum Gasteiger partial charge on any atom is -0.387 e. The van der Waals surface area contributed by atoms with Crippen LogP contribution in [0.1, 0.15) is 17.2 Å². The van der Waals surface area contributed by atoms with Crippen LogP contribution in [0.25, 0.3) is 0 Å². The van der Waals surface area contributed by atoms with Gasteiger partial charge in [0, 0.05) is 26.2 Å². The van der Waals surface area contributed by atoms with Gasteiger partial charge in [-0.25, -0.2) is 0 Å². The van der Waals surface area contributed by atoms with E-state index in [-0.39, 0.29) is 18.2 Å². The summed E-state index contributed by atoms with van der Waals surface area (Å²) in [5.41, 5.74) is -0.901. The molecular formula is C15H21F3N2O2. The Labute approximate surface area is 127 Å². The summed E-state index contributed by atoms with van der Waals surface area (Å²) in [5.74, 6) is 0. The molecule has 0 bridgehead atoms. The second kappa shape index (κ2) is 7.41. The minimum absolute atomic E-state index is 0.0104. The summed E-state index contributed by atoms with van der Waals surface area (Å²) < 4.78 is 44.3. The third kappa shape index (κ3) is 4.67. The van der Waals surface area contributed by atoms with E-state index in [1.807, 2.05) is 7.05 Å². The van der Waals surface area contributed by atoms with E-state index in [1.54, 1.807) is 0 Å². The lowest BCUT2D eigenvalue weighted by Gasteiger charge is -2.30. The van der Waals surface area contributed by atoms with Crippen LogP contribution in [-0.2, 0) is 10.9 Å². The molecule has 7 heteroatoms. The van der Waals surface area contributed by atoms with Crippen LogP contribution < -0.4 is 5.32 Å². The van der Waals surface area contributed by atoms with Crippen LogP contribution in [0.15, 0.2) is 24.3 Å². The average Bonchev–Trinajstić information content (AvgIpc) is 2.46. The van der Waals surface area contributed by atoms with Crippen molar-refractivity contribution >= 4 is 0 Å². The fraction of sp³-hybridized carbons (Fsp3) is 0.600. The fourth-order valence-electron chi connectivity index (χ4n) is 2.53. The van der Waals surface area contributed by atoms with Crippen molar-refractivity contribution in [2.45, 2.75) is 18.4 Å². The van der Waals surface area contributed by atoms with Gasteiger partial charge in [0.1, 0.15) is 0 Å². The van der Waals surface area contributed by atoms with E-state index in [4.69, 9.17) is 4.74 Å². The first-order valence-corrected chi connectivity index (χ1v) is 7.23. The zero-order valence-electron chi connectivity index (χ0n) is 12.4. The summed E-state index contributed by atoms with van der Waals surface area (Å²) in [5, 5.41) is 13.0. The summed E-state index contributed by atoms with van der Waals surface area (Å²) in [6.07, 6.45) is -5.68. The molecule has 1 heterocycles. The van der Waals surface area contributed by atoms with E-state index in [2.05, 4.69) is 10.2 Å². The molecule has 124 valence electrons. The van der Waals surface area contributed by atoms with Crippen LogP contribution in [0.4, 0.5) is 13.2 Å². The van der Waals surface area contributed by atoms with Crippen LogP contribution in [-0.4, -0.2) is 55.9 Å². The zero-order valence-corrected chi connectivity index (χ0v) is 12.4. The molecule has 0 radical (unpaired) electrons. The van der Waals surface area contributed by atoms with Crippen LogP contribution in [0.2, 0.25) is 0 Å². The molecule has 0 spiro atoms. The van der Waals surface area contributed by atoms with Crippen molar-refractivity contribution in [3.63, 3.8) is 0 Å². The van der Waals surface area contributed by atoms with Crippen molar-refractivity contribution in [2.75, 3.05) is 39.8 Å². The van der Waals surface area contributed by atoms with Crippen molar-refractivity contribution in [1.29, 1.82) is 0 Å². The predicted molar refractivity (Wildman–Crippen MR) is 76.5 cm³/mol. The van der Waals surface area contributed by atoms with Crippen molar-refractivity contribution in [3.05, 3.63) is 35.4 Å². The van der Waals surface area contributed by atoms with E-state index in [1.165, 1.54) is 18.2 Å². The number of nitrogens with one attached hydrogen (secondary N) is 1. The molecule has 0 saturated carbocycles. The van der Waals surface area contributed by atoms with Crippen LogP contribution >= 0.6 is 0 Å². The van der Waals surface area contributed by atoms with E-state index >= 15 is 0 Å². The molecule has 22 heavy (non-hydrogen) atoms. The van der Waals surface area contributed by atoms with E-state index in [0.29, 0.717) is 13.2 Å². The maximum absolute atomic E-state index is 12.9. The maximum atomic E-state index is 12.9. The van der Waals surface area contributed by atoms with Gasteiger partial charge in [0.05, 0.1) is 24.4 Å². The monoisotopic (exact) mass is 318 g/mol. The summed E-state index contributed by atoms with van der Waals surface area (Å²) >= 11 is 0. The van der Waals surface area contributed by atoms with E-state index < -0.39 is 17.8 Å². The largest absolute Gasteiger partial charge is 0.416 e. The number of ether oxygens (including phenoxy) is 1. The van der Waals surface area contributed by atoms with Gasteiger partial charge in [-0.3, -0.25) is 0 Å². The lowest BCUT2D eigenvalue weighted by molar-refractivity contribution is -0.139. The molecule has 2 atom stereocenters. The Hall–Kier alpha value is -1.15. The molecular weight excluding hydrogens is 297 g/mol. The molecule has 1 fully saturated rings. The molecule has 1 aromatic rings. The number of nitrogens with zero attached hydrogens (tertiary/aromatic N) is 1. The third-order valence-corrected chi connectivity index (χ3v) is 3.68. The number of likely N-dealkylation sites (N-methyl/N-ethyl adjacent to an activating group) is 1. The molecule has 0 aliphatic carbocycles. The molecule has 0 amide bonds. The van der Waals surface area contributed by atoms with Gasteiger partial charge in [0.2, 0.25) is 0 Å². The minimum atomic E-state index is -4.47. The van der Waals surface area contributed by atoms with Crippen LogP contribution in [0.3, 0.4) is 0 Å². The maximum Gasteiger partial charge on any atom is 0.416 e. The van der Waals surface area contributed by atoms with Crippen LogP contribution in [0, 0.1) is 0 Å². The molecule has 0 aromatic heterocycles. The molecule has 1 aliphatic rings. The number of alkyl halides is 3. The predicted octanol–water partition coefficient (Wildman–Crippen LogP) is 1.66. The van der Waals surface area contributed by atoms with Gasteiger partial charge in [-0.1, -0.05) is 18.2 Å². The van der Waals surface area contributed by atoms with Crippen LogP contribution in [0.5, 0.6) is 0 Å². The number of aliphatic hydroxyl groups excluding tert-OH is 1. The quantitative estimate of drug-likeness (QED) is 0.867. The number of hydrogen-bond donors (Lipinski definition) is 2. The number of benzene rings is 1. The SMILES string of the molecule is CN1CCO[C@@H](CNC[C@@H](O)c2ccccc2C(F)(F)F)C1. The molecule has 1 saturated heterocycles. The van der Waals surface area contributed by atoms with Crippen molar-refractivity contribution in [1.82, 2.24) is 10.2 Å². The molecule has 4 nitrogen and oxygen atoms in total. The topological polar surface area (TPSA) is 44.7 Å². The standard InChI is InChI=1S/C15H21F3N2O2/c1-20-6-7-22-11(10-20)8-19-9-14(21)12-4-2-3-5-13(12)15(16,17)18/h2-5,11,14,19,21H,6-10H2,1H3/t11-,14+/m0/s1. The fourth-order valence-corrected chi connectivity index (χ4v) is 2.53. The second-order valence-corrected chi connectivity index (χ2v) is 5.51. The lowest BCUT2D eigenvalue weighted by Crippen LogP contribution is -2.45. The van der Waals surface area contributed by atoms with Gasteiger partial charge in [0.15, 0.2) is 0 Å². The van der Waals surface area contributed by atoms with Gasteiger partial charge >= 0.3 is 6.18 Å². The van der Waals surface area contributed by atoms with E-state index in [0.717, 1.165) is 19.2 Å². The first-order chi connectivity index (χ1) is 10.4. The highest BCUT2D eigenvalue weighted by atomic mass is 19.4. The molecule has 1 aromatic carbocycles. The Morgan fingerprint density at radius 1 is 1.41 bits per heavy atom. The Kier molecular flexibility index (Phi) is 5.80. The van der Waals surface area contributed by atoms with Crippen molar-refractivity contribution < 1.29 is 23.0 Å². The number of halogens is 3. The first kappa shape index (κ1) is 17.2. The zero-order chi connectivity index (χ0) is 16.2. The molecule has 2 rings (SSSR count). The normalized spacial score (nSPS) is 21.8. The Morgan fingerprint density at radius 3 is 2.82 bits per heavy atom. The van der Waals surface area contributed by atoms with Gasteiger partial charge in [-0.15, -0.1) is 0 Å². The highest BCUT2D eigenvalue weighted by Crippen LogP contribution is 2.34. The Morgan fingerprint density at radius 2 is 2.14 bits per heavy atom. The van der Waals surface area contributed by atoms with Crippen molar-refractivity contribution in [3.8, 4) is 0 Å². The second-order valence-electron chi connectivity index (χ2n) is 5.51. The lowest BCUT2D eigenvalue weighted by atomic mass is 10.0. The van der Waals surface area contributed by atoms with Gasteiger partial charge in [-0.05, 0) is 18.7 Å². The van der Waals surface area contributed by atoms with Gasteiger partial charge in [-0.2, -0.15) is 13.2 Å². The molecule has 2 N–H and O–H groups in total. The molecule has 1 aliphatic heterocycles. The highest BCUT2D eigenvalue weighted by Gasteiger charge is 2.34. The Bertz CT molecular complexity index is 482. The number of rotatable bonds is 5. The number of aliphatic hydroxyl groups is 1. The van der Waals surface area contributed by atoms with Crippen molar-refractivity contribution in [2.24, 2.45) is 0 Å². The smallest absolute Gasteiger partial charge is 0.387 e. The first-order valence-electron chi connectivity index (χ1n) is 7.23. The Balaban J connectivity index is 1.89.